The van der Waals surface area contributed by atoms with Crippen molar-refractivity contribution >= 4 is 41.5 Å². The van der Waals surface area contributed by atoms with E-state index in [0.717, 1.165) is 37.4 Å². The molecule has 1 fully saturated rings. The highest BCUT2D eigenvalue weighted by atomic mass is 32.2. The van der Waals surface area contributed by atoms with E-state index in [4.69, 9.17) is 14.2 Å². The van der Waals surface area contributed by atoms with Crippen LogP contribution in [-0.4, -0.2) is 56.9 Å². The number of nitrogens with zero attached hydrogens (tertiary/aromatic N) is 1. The molecule has 0 unspecified atom stereocenters. The molecule has 2 aliphatic rings. The third kappa shape index (κ3) is 3.60. The topological polar surface area (TPSA) is 137 Å². The first-order valence-corrected chi connectivity index (χ1v) is 8.11. The number of fused-ring (bicyclic) bond motifs is 1. The maximum Gasteiger partial charge on any atom is 0.452 e. The van der Waals surface area contributed by atoms with Crippen molar-refractivity contribution < 1.29 is 43.3 Å². The standard InChI is InChI=1S/C14H15NO9S/c1-6(16)22-14(23-7(2)17,24-8(3)18)9-5-25-11-4-10(19)15(11)12(9)13(20)21/h11H,4-5H2,1-3H3,(H,20,21)/t11-/m1/s1. The van der Waals surface area contributed by atoms with E-state index < -0.39 is 46.8 Å². The minimum Gasteiger partial charge on any atom is -0.477 e. The summed E-state index contributed by atoms with van der Waals surface area (Å²) in [7, 11) is 0. The van der Waals surface area contributed by atoms with Crippen molar-refractivity contribution in [2.75, 3.05) is 5.75 Å². The number of aliphatic carboxylic acids is 1. The zero-order valence-electron chi connectivity index (χ0n) is 13.6. The SMILES string of the molecule is CC(=O)OC(OC(C)=O)(OC(C)=O)C1=C(C(=O)O)N2C(=O)C[C@H]2SC1. The molecular formula is C14H15NO9S. The van der Waals surface area contributed by atoms with Crippen LogP contribution in [0.5, 0.6) is 0 Å². The number of ether oxygens (including phenoxy) is 3. The first kappa shape index (κ1) is 18.8. The molecule has 2 heterocycles. The Hall–Kier alpha value is -2.56. The summed E-state index contributed by atoms with van der Waals surface area (Å²) < 4.78 is 14.8. The number of thioether (sulfide) groups is 1. The molecule has 10 nitrogen and oxygen atoms in total. The van der Waals surface area contributed by atoms with Crippen molar-refractivity contribution in [3.63, 3.8) is 0 Å². The van der Waals surface area contributed by atoms with Crippen LogP contribution < -0.4 is 0 Å². The molecule has 1 saturated heterocycles. The molecular weight excluding hydrogens is 358 g/mol. The first-order chi connectivity index (χ1) is 11.6. The smallest absolute Gasteiger partial charge is 0.452 e. The van der Waals surface area contributed by atoms with Crippen molar-refractivity contribution in [3.8, 4) is 0 Å². The number of hydrogen-bond donors (Lipinski definition) is 1. The lowest BCUT2D eigenvalue weighted by Gasteiger charge is -2.45. The zero-order chi connectivity index (χ0) is 18.9. The Kier molecular flexibility index (Phi) is 5.07. The highest BCUT2D eigenvalue weighted by molar-refractivity contribution is 8.00. The number of carbonyl (C=O) groups is 5. The van der Waals surface area contributed by atoms with E-state index in [-0.39, 0.29) is 17.7 Å². The summed E-state index contributed by atoms with van der Waals surface area (Å²) in [5.74, 6) is -7.71. The molecule has 0 aliphatic carbocycles. The molecule has 0 aromatic carbocycles. The number of esters is 3. The number of carboxylic acid groups (broad SMARTS) is 1. The Labute approximate surface area is 146 Å². The van der Waals surface area contributed by atoms with E-state index in [1.807, 2.05) is 0 Å². The van der Waals surface area contributed by atoms with Gasteiger partial charge in [0.1, 0.15) is 11.3 Å². The monoisotopic (exact) mass is 373 g/mol. The van der Waals surface area contributed by atoms with Gasteiger partial charge >= 0.3 is 29.9 Å². The fourth-order valence-electron chi connectivity index (χ4n) is 2.46. The molecule has 0 aromatic rings. The quantitative estimate of drug-likeness (QED) is 0.397. The van der Waals surface area contributed by atoms with Crippen molar-refractivity contribution in [2.45, 2.75) is 38.5 Å². The Morgan fingerprint density at radius 1 is 1.08 bits per heavy atom. The molecule has 11 heteroatoms. The van der Waals surface area contributed by atoms with Crippen molar-refractivity contribution in [1.29, 1.82) is 0 Å². The zero-order valence-corrected chi connectivity index (χ0v) is 14.4. The van der Waals surface area contributed by atoms with Crippen LogP contribution in [0.4, 0.5) is 0 Å². The van der Waals surface area contributed by atoms with Crippen LogP contribution in [0.1, 0.15) is 27.2 Å². The Balaban J connectivity index is 2.66. The maximum atomic E-state index is 11.8. The largest absolute Gasteiger partial charge is 0.477 e. The molecule has 1 N–H and O–H groups in total. The summed E-state index contributed by atoms with van der Waals surface area (Å²) in [5.41, 5.74) is -0.862. The summed E-state index contributed by atoms with van der Waals surface area (Å²) in [6, 6.07) is 0. The molecule has 0 bridgehead atoms. The van der Waals surface area contributed by atoms with Crippen LogP contribution in [0, 0.1) is 0 Å². The molecule has 2 rings (SSSR count). The highest BCUT2D eigenvalue weighted by Crippen LogP contribution is 2.44. The van der Waals surface area contributed by atoms with Crippen LogP contribution in [0.15, 0.2) is 11.3 Å². The van der Waals surface area contributed by atoms with Crippen LogP contribution in [0.3, 0.4) is 0 Å². The molecule has 1 atom stereocenters. The van der Waals surface area contributed by atoms with E-state index in [1.54, 1.807) is 0 Å². The number of carboxylic acids is 1. The van der Waals surface area contributed by atoms with Gasteiger partial charge in [-0.05, 0) is 0 Å². The van der Waals surface area contributed by atoms with Gasteiger partial charge in [-0.3, -0.25) is 24.1 Å². The van der Waals surface area contributed by atoms with E-state index in [2.05, 4.69) is 0 Å². The molecule has 136 valence electrons. The second-order valence-electron chi connectivity index (χ2n) is 5.20. The predicted molar refractivity (Wildman–Crippen MR) is 80.4 cm³/mol. The van der Waals surface area contributed by atoms with E-state index in [1.165, 1.54) is 0 Å². The summed E-state index contributed by atoms with van der Waals surface area (Å²) in [5, 5.41) is 9.14. The lowest BCUT2D eigenvalue weighted by atomic mass is 10.1. The van der Waals surface area contributed by atoms with E-state index >= 15 is 0 Å². The Morgan fingerprint density at radius 3 is 1.92 bits per heavy atom. The number of carbonyl (C=O) groups excluding carboxylic acids is 4. The summed E-state index contributed by atoms with van der Waals surface area (Å²) >= 11 is 1.16. The molecule has 0 saturated carbocycles. The second-order valence-corrected chi connectivity index (χ2v) is 6.37. The van der Waals surface area contributed by atoms with E-state index in [0.29, 0.717) is 0 Å². The Bertz CT molecular complexity index is 658. The van der Waals surface area contributed by atoms with Gasteiger partial charge in [0.2, 0.25) is 5.91 Å². The average Bonchev–Trinajstić information content (AvgIpc) is 2.42. The van der Waals surface area contributed by atoms with Crippen LogP contribution in [0.25, 0.3) is 0 Å². The normalized spacial score (nSPS) is 19.6. The number of rotatable bonds is 5. The summed E-state index contributed by atoms with van der Waals surface area (Å²) in [6.07, 6.45) is 0.149. The van der Waals surface area contributed by atoms with Gasteiger partial charge in [0.15, 0.2) is 0 Å². The molecule has 2 aliphatic heterocycles. The van der Waals surface area contributed by atoms with Crippen molar-refractivity contribution in [3.05, 3.63) is 11.3 Å². The second kappa shape index (κ2) is 6.75. The van der Waals surface area contributed by atoms with Gasteiger partial charge in [-0.2, -0.15) is 0 Å². The summed E-state index contributed by atoms with van der Waals surface area (Å²) in [4.78, 5) is 59.0. The molecule has 25 heavy (non-hydrogen) atoms. The maximum absolute atomic E-state index is 11.8. The van der Waals surface area contributed by atoms with Gasteiger partial charge in [-0.25, -0.2) is 4.79 Å². The van der Waals surface area contributed by atoms with Gasteiger partial charge in [0.25, 0.3) is 0 Å². The minimum atomic E-state index is -2.69. The third-order valence-corrected chi connectivity index (χ3v) is 4.48. The average molecular weight is 373 g/mol. The molecule has 0 spiro atoms. The van der Waals surface area contributed by atoms with Gasteiger partial charge in [0, 0.05) is 26.5 Å². The summed E-state index contributed by atoms with van der Waals surface area (Å²) in [6.45, 7) is 2.91. The fraction of sp³-hybridized carbons (Fsp3) is 0.500. The predicted octanol–water partition coefficient (Wildman–Crippen LogP) is -0.0266. The van der Waals surface area contributed by atoms with Crippen LogP contribution >= 0.6 is 11.8 Å². The van der Waals surface area contributed by atoms with Gasteiger partial charge in [0.05, 0.1) is 11.8 Å². The fourth-order valence-corrected chi connectivity index (χ4v) is 3.77. The Morgan fingerprint density at radius 2 is 1.56 bits per heavy atom. The van der Waals surface area contributed by atoms with Crippen LogP contribution in [0.2, 0.25) is 0 Å². The lowest BCUT2D eigenvalue weighted by molar-refractivity contribution is -0.307. The third-order valence-electron chi connectivity index (χ3n) is 3.26. The van der Waals surface area contributed by atoms with Gasteiger partial charge in [-0.1, -0.05) is 0 Å². The first-order valence-electron chi connectivity index (χ1n) is 7.06. The number of β-lactam (4-membered cyclic amide) rings is 1. The number of hydrogen-bond acceptors (Lipinski definition) is 9. The number of amides is 1. The lowest BCUT2D eigenvalue weighted by Crippen LogP contribution is -2.57. The van der Waals surface area contributed by atoms with Crippen molar-refractivity contribution in [1.82, 2.24) is 4.90 Å². The minimum absolute atomic E-state index is 0.0933. The molecule has 0 aromatic heterocycles. The highest BCUT2D eigenvalue weighted by Gasteiger charge is 2.55. The van der Waals surface area contributed by atoms with E-state index in [9.17, 15) is 29.1 Å². The van der Waals surface area contributed by atoms with Gasteiger partial charge < -0.3 is 19.3 Å². The van der Waals surface area contributed by atoms with Crippen molar-refractivity contribution in [2.24, 2.45) is 0 Å². The van der Waals surface area contributed by atoms with Crippen LogP contribution in [-0.2, 0) is 38.2 Å². The molecule has 1 amide bonds. The molecule has 0 radical (unpaired) electrons. The van der Waals surface area contributed by atoms with Gasteiger partial charge in [-0.15, -0.1) is 11.8 Å².